The largest absolute Gasteiger partial charge is 0.342 e. The van der Waals surface area contributed by atoms with Gasteiger partial charge < -0.3 is 10.2 Å². The average molecular weight is 304 g/mol. The Balaban J connectivity index is 1.53. The average Bonchev–Trinajstić information content (AvgIpc) is 3.03. The van der Waals surface area contributed by atoms with Crippen LogP contribution in [0.4, 0.5) is 0 Å². The van der Waals surface area contributed by atoms with Gasteiger partial charge in [-0.25, -0.2) is 0 Å². The lowest BCUT2D eigenvalue weighted by molar-refractivity contribution is -0.137. The lowest BCUT2D eigenvalue weighted by Gasteiger charge is -2.36. The minimum absolute atomic E-state index is 0.232. The van der Waals surface area contributed by atoms with E-state index in [4.69, 9.17) is 0 Å². The first kappa shape index (κ1) is 15.5. The molecule has 1 aromatic heterocycles. The van der Waals surface area contributed by atoms with Crippen LogP contribution >= 0.6 is 0 Å². The molecule has 0 unspecified atom stereocenters. The number of aryl methyl sites for hydroxylation is 1. The van der Waals surface area contributed by atoms with Crippen LogP contribution < -0.4 is 5.32 Å². The second-order valence-electron chi connectivity index (χ2n) is 6.81. The molecule has 0 spiro atoms. The Labute approximate surface area is 133 Å². The molecule has 0 radical (unpaired) electrons. The van der Waals surface area contributed by atoms with Crippen LogP contribution in [0.15, 0.2) is 12.4 Å². The Morgan fingerprint density at radius 3 is 2.77 bits per heavy atom. The molecule has 0 aliphatic carbocycles. The molecular formula is C17H28N4O. The van der Waals surface area contributed by atoms with Gasteiger partial charge in [-0.15, -0.1) is 0 Å². The summed E-state index contributed by atoms with van der Waals surface area (Å²) in [6.45, 7) is 7.99. The van der Waals surface area contributed by atoms with Crippen molar-refractivity contribution < 1.29 is 4.79 Å². The second-order valence-corrected chi connectivity index (χ2v) is 6.81. The maximum absolute atomic E-state index is 12.7. The molecule has 2 aliphatic heterocycles. The van der Waals surface area contributed by atoms with Gasteiger partial charge in [0.1, 0.15) is 0 Å². The summed E-state index contributed by atoms with van der Waals surface area (Å²) in [5.41, 5.74) is 1.34. The van der Waals surface area contributed by atoms with E-state index in [0.29, 0.717) is 17.9 Å². The molecule has 1 amide bonds. The number of hydrogen-bond donors (Lipinski definition) is 1. The van der Waals surface area contributed by atoms with Crippen LogP contribution in [0.25, 0.3) is 0 Å². The zero-order valence-electron chi connectivity index (χ0n) is 13.8. The normalized spacial score (nSPS) is 27.1. The summed E-state index contributed by atoms with van der Waals surface area (Å²) >= 11 is 0. The Morgan fingerprint density at radius 2 is 2.14 bits per heavy atom. The number of aromatic nitrogens is 2. The smallest absolute Gasteiger partial charge is 0.225 e. The molecule has 2 aliphatic rings. The predicted molar refractivity (Wildman–Crippen MR) is 86.6 cm³/mol. The maximum atomic E-state index is 12.7. The van der Waals surface area contributed by atoms with Gasteiger partial charge in [0, 0.05) is 37.8 Å². The standard InChI is InChI=1S/C17H28N4O/c1-3-21-12-16(11-19-21)14-5-8-20(9-6-14)17(22)15-4-7-18-13(2)10-15/h11-15,18H,3-10H2,1-2H3/t13-,15-/m0/s1. The highest BCUT2D eigenvalue weighted by Crippen LogP contribution is 2.29. The van der Waals surface area contributed by atoms with Gasteiger partial charge in [0.25, 0.3) is 0 Å². The zero-order chi connectivity index (χ0) is 15.5. The van der Waals surface area contributed by atoms with Crippen molar-refractivity contribution in [2.24, 2.45) is 5.92 Å². The van der Waals surface area contributed by atoms with Crippen molar-refractivity contribution in [3.8, 4) is 0 Å². The molecule has 2 atom stereocenters. The van der Waals surface area contributed by atoms with Crippen LogP contribution in [-0.4, -0.2) is 46.3 Å². The summed E-state index contributed by atoms with van der Waals surface area (Å²) in [5, 5.41) is 7.80. The summed E-state index contributed by atoms with van der Waals surface area (Å²) in [5.74, 6) is 1.18. The predicted octanol–water partition coefficient (Wildman–Crippen LogP) is 2.00. The summed E-state index contributed by atoms with van der Waals surface area (Å²) in [6, 6.07) is 0.472. The van der Waals surface area contributed by atoms with Gasteiger partial charge in [0.05, 0.1) is 6.20 Å². The summed E-state index contributed by atoms with van der Waals surface area (Å²) in [6.07, 6.45) is 8.29. The Bertz CT molecular complexity index is 505. The van der Waals surface area contributed by atoms with Crippen LogP contribution in [0.5, 0.6) is 0 Å². The number of nitrogens with one attached hydrogen (secondary N) is 1. The third kappa shape index (κ3) is 3.35. The number of piperidine rings is 2. The number of carbonyl (C=O) groups excluding carboxylic acids is 1. The highest BCUT2D eigenvalue weighted by atomic mass is 16.2. The molecular weight excluding hydrogens is 276 g/mol. The van der Waals surface area contributed by atoms with Crippen molar-refractivity contribution in [1.29, 1.82) is 0 Å². The lowest BCUT2D eigenvalue weighted by atomic mass is 9.88. The van der Waals surface area contributed by atoms with Gasteiger partial charge in [-0.1, -0.05) is 0 Å². The van der Waals surface area contributed by atoms with Crippen LogP contribution in [0.3, 0.4) is 0 Å². The molecule has 3 heterocycles. The van der Waals surface area contributed by atoms with Gasteiger partial charge in [-0.2, -0.15) is 5.10 Å². The number of hydrogen-bond acceptors (Lipinski definition) is 3. The summed E-state index contributed by atoms with van der Waals surface area (Å²) in [4.78, 5) is 14.8. The first-order chi connectivity index (χ1) is 10.7. The quantitative estimate of drug-likeness (QED) is 0.929. The highest BCUT2D eigenvalue weighted by Gasteiger charge is 2.31. The minimum atomic E-state index is 0.232. The van der Waals surface area contributed by atoms with E-state index in [-0.39, 0.29) is 5.92 Å². The third-order valence-corrected chi connectivity index (χ3v) is 5.23. The van der Waals surface area contributed by atoms with E-state index in [1.165, 1.54) is 5.56 Å². The van der Waals surface area contributed by atoms with E-state index >= 15 is 0 Å². The zero-order valence-corrected chi connectivity index (χ0v) is 13.8. The molecule has 1 aromatic rings. The van der Waals surface area contributed by atoms with E-state index < -0.39 is 0 Å². The van der Waals surface area contributed by atoms with E-state index in [2.05, 4.69) is 35.4 Å². The highest BCUT2D eigenvalue weighted by molar-refractivity contribution is 5.79. The number of amides is 1. The molecule has 0 bridgehead atoms. The lowest BCUT2D eigenvalue weighted by Crippen LogP contribution is -2.46. The van der Waals surface area contributed by atoms with Crippen molar-refractivity contribution in [2.45, 2.75) is 58.0 Å². The van der Waals surface area contributed by atoms with Crippen LogP contribution in [0.1, 0.15) is 51.0 Å². The topological polar surface area (TPSA) is 50.2 Å². The van der Waals surface area contributed by atoms with Crippen LogP contribution in [-0.2, 0) is 11.3 Å². The minimum Gasteiger partial charge on any atom is -0.342 e. The number of nitrogens with zero attached hydrogens (tertiary/aromatic N) is 3. The van der Waals surface area contributed by atoms with Crippen molar-refractivity contribution in [3.05, 3.63) is 18.0 Å². The molecule has 0 aromatic carbocycles. The Morgan fingerprint density at radius 1 is 1.36 bits per heavy atom. The van der Waals surface area contributed by atoms with E-state index in [0.717, 1.165) is 51.9 Å². The Hall–Kier alpha value is -1.36. The van der Waals surface area contributed by atoms with Crippen LogP contribution in [0.2, 0.25) is 0 Å². The first-order valence-corrected chi connectivity index (χ1v) is 8.72. The van der Waals surface area contributed by atoms with E-state index in [9.17, 15) is 4.79 Å². The Kier molecular flexibility index (Phi) is 4.81. The maximum Gasteiger partial charge on any atom is 0.225 e. The number of carbonyl (C=O) groups is 1. The summed E-state index contributed by atoms with van der Waals surface area (Å²) < 4.78 is 1.99. The first-order valence-electron chi connectivity index (χ1n) is 8.72. The molecule has 2 saturated heterocycles. The van der Waals surface area contributed by atoms with Crippen molar-refractivity contribution >= 4 is 5.91 Å². The fourth-order valence-corrected chi connectivity index (χ4v) is 3.81. The molecule has 2 fully saturated rings. The van der Waals surface area contributed by atoms with E-state index in [1.54, 1.807) is 0 Å². The SMILES string of the molecule is CCn1cc(C2CCN(C(=O)[C@H]3CCN[C@@H](C)C3)CC2)cn1. The van der Waals surface area contributed by atoms with Crippen molar-refractivity contribution in [3.63, 3.8) is 0 Å². The molecule has 0 saturated carbocycles. The van der Waals surface area contributed by atoms with Gasteiger partial charge in [0.2, 0.25) is 5.91 Å². The molecule has 122 valence electrons. The van der Waals surface area contributed by atoms with Crippen molar-refractivity contribution in [1.82, 2.24) is 20.0 Å². The van der Waals surface area contributed by atoms with Crippen molar-refractivity contribution in [2.75, 3.05) is 19.6 Å². The second kappa shape index (κ2) is 6.82. The monoisotopic (exact) mass is 304 g/mol. The molecule has 1 N–H and O–H groups in total. The molecule has 5 nitrogen and oxygen atoms in total. The van der Waals surface area contributed by atoms with Gasteiger partial charge >= 0.3 is 0 Å². The molecule has 22 heavy (non-hydrogen) atoms. The van der Waals surface area contributed by atoms with Gasteiger partial charge in [-0.05, 0) is 57.6 Å². The fraction of sp³-hybridized carbons (Fsp3) is 0.765. The van der Waals surface area contributed by atoms with Gasteiger partial charge in [-0.3, -0.25) is 9.48 Å². The summed E-state index contributed by atoms with van der Waals surface area (Å²) in [7, 11) is 0. The van der Waals surface area contributed by atoms with Gasteiger partial charge in [0.15, 0.2) is 0 Å². The fourth-order valence-electron chi connectivity index (χ4n) is 3.81. The van der Waals surface area contributed by atoms with E-state index in [1.807, 2.05) is 10.9 Å². The van der Waals surface area contributed by atoms with Crippen LogP contribution in [0, 0.1) is 5.92 Å². The molecule has 5 heteroatoms. The number of likely N-dealkylation sites (tertiary alicyclic amines) is 1. The molecule has 3 rings (SSSR count). The third-order valence-electron chi connectivity index (χ3n) is 5.23. The number of rotatable bonds is 3.